The fraction of sp³-hybridized carbons (Fsp3) is 0.364. The molecule has 82 valence electrons. The van der Waals surface area contributed by atoms with Gasteiger partial charge in [0, 0.05) is 5.56 Å². The summed E-state index contributed by atoms with van der Waals surface area (Å²) in [5.41, 5.74) is 5.83. The number of nitrogen functional groups attached to an aromatic ring is 1. The summed E-state index contributed by atoms with van der Waals surface area (Å²) in [7, 11) is 0. The Morgan fingerprint density at radius 1 is 1.40 bits per heavy atom. The number of nitrogens with one attached hydrogen (secondary N) is 1. The minimum absolute atomic E-state index is 0.0537. The van der Waals surface area contributed by atoms with Gasteiger partial charge in [0.15, 0.2) is 0 Å². The molecule has 3 N–H and O–H groups in total. The Labute approximate surface area is 98.3 Å². The first kappa shape index (κ1) is 12.0. The Bertz CT molecular complexity index is 383. The molecular formula is C11H15BrN2O. The Morgan fingerprint density at radius 3 is 2.40 bits per heavy atom. The molecule has 0 bridgehead atoms. The van der Waals surface area contributed by atoms with Crippen molar-refractivity contribution in [2.75, 3.05) is 0 Å². The molecule has 0 spiro atoms. The second kappa shape index (κ2) is 4.23. The van der Waals surface area contributed by atoms with Crippen molar-refractivity contribution in [3.63, 3.8) is 0 Å². The van der Waals surface area contributed by atoms with Gasteiger partial charge in [-0.3, -0.25) is 5.41 Å². The summed E-state index contributed by atoms with van der Waals surface area (Å²) in [6.07, 6.45) is 0. The first-order valence-corrected chi connectivity index (χ1v) is 5.42. The molecule has 0 heterocycles. The number of benzene rings is 1. The molecule has 0 unspecified atom stereocenters. The van der Waals surface area contributed by atoms with Crippen molar-refractivity contribution in [3.8, 4) is 5.75 Å². The molecule has 0 radical (unpaired) electrons. The topological polar surface area (TPSA) is 59.1 Å². The number of amidine groups is 1. The summed E-state index contributed by atoms with van der Waals surface area (Å²) in [4.78, 5) is 0. The van der Waals surface area contributed by atoms with Crippen LogP contribution in [0, 0.1) is 5.41 Å². The Hall–Kier alpha value is -1.03. The lowest BCUT2D eigenvalue weighted by molar-refractivity contribution is 0.130. The van der Waals surface area contributed by atoms with Crippen molar-refractivity contribution in [1.82, 2.24) is 0 Å². The van der Waals surface area contributed by atoms with Crippen LogP contribution in [-0.2, 0) is 0 Å². The van der Waals surface area contributed by atoms with Gasteiger partial charge in [0.25, 0.3) is 0 Å². The van der Waals surface area contributed by atoms with Gasteiger partial charge in [-0.05, 0) is 54.9 Å². The van der Waals surface area contributed by atoms with E-state index in [1.807, 2.05) is 26.8 Å². The molecule has 1 aromatic carbocycles. The Kier molecular flexibility index (Phi) is 3.39. The molecule has 1 aromatic rings. The third-order valence-corrected chi connectivity index (χ3v) is 2.28. The van der Waals surface area contributed by atoms with E-state index in [0.29, 0.717) is 5.56 Å². The van der Waals surface area contributed by atoms with Crippen LogP contribution in [0.3, 0.4) is 0 Å². The first-order valence-electron chi connectivity index (χ1n) is 4.62. The van der Waals surface area contributed by atoms with E-state index >= 15 is 0 Å². The fourth-order valence-corrected chi connectivity index (χ4v) is 1.54. The van der Waals surface area contributed by atoms with Gasteiger partial charge in [0.1, 0.15) is 17.2 Å². The molecule has 0 aliphatic carbocycles. The van der Waals surface area contributed by atoms with Gasteiger partial charge < -0.3 is 10.5 Å². The van der Waals surface area contributed by atoms with Gasteiger partial charge in [-0.1, -0.05) is 0 Å². The third kappa shape index (κ3) is 3.55. The Balaban J connectivity index is 2.99. The van der Waals surface area contributed by atoms with Crippen LogP contribution in [0.2, 0.25) is 0 Å². The maximum Gasteiger partial charge on any atom is 0.134 e. The van der Waals surface area contributed by atoms with Crippen LogP contribution >= 0.6 is 15.9 Å². The summed E-state index contributed by atoms with van der Waals surface area (Å²) in [6, 6.07) is 5.36. The lowest BCUT2D eigenvalue weighted by Crippen LogP contribution is -2.23. The highest BCUT2D eigenvalue weighted by Gasteiger charge is 2.14. The van der Waals surface area contributed by atoms with Gasteiger partial charge >= 0.3 is 0 Å². The zero-order chi connectivity index (χ0) is 11.6. The molecule has 0 fully saturated rings. The lowest BCUT2D eigenvalue weighted by Gasteiger charge is -2.22. The molecule has 3 nitrogen and oxygen atoms in total. The van der Waals surface area contributed by atoms with Gasteiger partial charge in [-0.15, -0.1) is 0 Å². The second-order valence-corrected chi connectivity index (χ2v) is 5.13. The van der Waals surface area contributed by atoms with Gasteiger partial charge in [-0.25, -0.2) is 0 Å². The highest BCUT2D eigenvalue weighted by molar-refractivity contribution is 9.10. The van der Waals surface area contributed by atoms with Crippen molar-refractivity contribution in [3.05, 3.63) is 28.2 Å². The van der Waals surface area contributed by atoms with Crippen molar-refractivity contribution < 1.29 is 4.74 Å². The largest absolute Gasteiger partial charge is 0.487 e. The van der Waals surface area contributed by atoms with E-state index in [1.54, 1.807) is 12.1 Å². The molecule has 1 rings (SSSR count). The third-order valence-electron chi connectivity index (χ3n) is 1.66. The average molecular weight is 271 g/mol. The summed E-state index contributed by atoms with van der Waals surface area (Å²) in [6.45, 7) is 5.95. The number of hydrogen-bond donors (Lipinski definition) is 2. The van der Waals surface area contributed by atoms with E-state index in [9.17, 15) is 0 Å². The standard InChI is InChI=1S/C11H15BrN2O/c1-11(2,3)15-9-5-4-7(10(13)14)6-8(9)12/h4-6H,1-3H3,(H3,13,14). The van der Waals surface area contributed by atoms with E-state index in [4.69, 9.17) is 15.9 Å². The van der Waals surface area contributed by atoms with Crippen LogP contribution in [0.15, 0.2) is 22.7 Å². The molecule has 0 amide bonds. The minimum atomic E-state index is -0.236. The quantitative estimate of drug-likeness (QED) is 0.641. The van der Waals surface area contributed by atoms with Crippen LogP contribution in [-0.4, -0.2) is 11.4 Å². The molecule has 15 heavy (non-hydrogen) atoms. The van der Waals surface area contributed by atoms with E-state index in [-0.39, 0.29) is 11.4 Å². The zero-order valence-electron chi connectivity index (χ0n) is 9.10. The first-order chi connectivity index (χ1) is 6.79. The Morgan fingerprint density at radius 2 is 2.00 bits per heavy atom. The van der Waals surface area contributed by atoms with E-state index in [0.717, 1.165) is 10.2 Å². The molecule has 4 heteroatoms. The van der Waals surface area contributed by atoms with Crippen LogP contribution in [0.4, 0.5) is 0 Å². The van der Waals surface area contributed by atoms with Gasteiger partial charge in [0.2, 0.25) is 0 Å². The van der Waals surface area contributed by atoms with Crippen LogP contribution in [0.5, 0.6) is 5.75 Å². The van der Waals surface area contributed by atoms with Crippen LogP contribution in [0.1, 0.15) is 26.3 Å². The minimum Gasteiger partial charge on any atom is -0.487 e. The predicted octanol–water partition coefficient (Wildman–Crippen LogP) is 2.91. The van der Waals surface area contributed by atoms with Crippen LogP contribution in [0.25, 0.3) is 0 Å². The van der Waals surface area contributed by atoms with Crippen molar-refractivity contribution in [1.29, 1.82) is 5.41 Å². The number of ether oxygens (including phenoxy) is 1. The van der Waals surface area contributed by atoms with Crippen molar-refractivity contribution >= 4 is 21.8 Å². The summed E-state index contributed by atoms with van der Waals surface area (Å²) in [5.74, 6) is 0.811. The smallest absolute Gasteiger partial charge is 0.134 e. The van der Waals surface area contributed by atoms with Crippen LogP contribution < -0.4 is 10.5 Å². The van der Waals surface area contributed by atoms with E-state index in [1.165, 1.54) is 0 Å². The molecule has 0 aliphatic heterocycles. The molecule has 0 saturated heterocycles. The highest BCUT2D eigenvalue weighted by atomic mass is 79.9. The molecule has 0 aromatic heterocycles. The number of nitrogens with two attached hydrogens (primary N) is 1. The second-order valence-electron chi connectivity index (χ2n) is 4.27. The summed E-state index contributed by atoms with van der Waals surface area (Å²) >= 11 is 3.39. The maximum atomic E-state index is 7.30. The van der Waals surface area contributed by atoms with Crippen molar-refractivity contribution in [2.24, 2.45) is 5.73 Å². The SMILES string of the molecule is CC(C)(C)Oc1ccc(C(=N)N)cc1Br. The zero-order valence-corrected chi connectivity index (χ0v) is 10.7. The lowest BCUT2D eigenvalue weighted by atomic mass is 10.1. The number of halogens is 1. The molecular weight excluding hydrogens is 256 g/mol. The van der Waals surface area contributed by atoms with Gasteiger partial charge in [-0.2, -0.15) is 0 Å². The number of rotatable bonds is 2. The van der Waals surface area contributed by atoms with E-state index in [2.05, 4.69) is 15.9 Å². The highest BCUT2D eigenvalue weighted by Crippen LogP contribution is 2.28. The van der Waals surface area contributed by atoms with Crippen molar-refractivity contribution in [2.45, 2.75) is 26.4 Å². The molecule has 0 aliphatic rings. The molecule has 0 saturated carbocycles. The fourth-order valence-electron chi connectivity index (χ4n) is 1.08. The predicted molar refractivity (Wildman–Crippen MR) is 65.5 cm³/mol. The van der Waals surface area contributed by atoms with E-state index < -0.39 is 0 Å². The molecule has 0 atom stereocenters. The van der Waals surface area contributed by atoms with Gasteiger partial charge in [0.05, 0.1) is 4.47 Å². The number of hydrogen-bond acceptors (Lipinski definition) is 2. The average Bonchev–Trinajstić information content (AvgIpc) is 2.05. The maximum absolute atomic E-state index is 7.30. The summed E-state index contributed by atoms with van der Waals surface area (Å²) < 4.78 is 6.52. The monoisotopic (exact) mass is 270 g/mol. The normalized spacial score (nSPS) is 11.2. The summed E-state index contributed by atoms with van der Waals surface area (Å²) in [5, 5.41) is 7.30.